The first-order valence-electron chi connectivity index (χ1n) is 13.2. The Morgan fingerprint density at radius 2 is 1.56 bits per heavy atom. The molecule has 2 nitrogen and oxygen atoms in total. The lowest BCUT2D eigenvalue weighted by atomic mass is 9.75. The minimum atomic E-state index is -1.25. The van der Waals surface area contributed by atoms with Crippen molar-refractivity contribution in [2.75, 3.05) is 13.2 Å². The normalized spacial score (nSPS) is 24.8. The van der Waals surface area contributed by atoms with Crippen LogP contribution in [0.25, 0.3) is 11.1 Å². The molecule has 2 aromatic rings. The van der Waals surface area contributed by atoms with Crippen LogP contribution in [0, 0.1) is 41.0 Å². The molecule has 1 saturated heterocycles. The van der Waals surface area contributed by atoms with Gasteiger partial charge >= 0.3 is 0 Å². The van der Waals surface area contributed by atoms with E-state index in [9.17, 15) is 17.6 Å². The molecule has 4 rings (SSSR count). The highest BCUT2D eigenvalue weighted by Crippen LogP contribution is 2.38. The van der Waals surface area contributed by atoms with E-state index < -0.39 is 23.3 Å². The SMILES string of the molecule is CC=CC1CCC(C2CCC(CCc3ccc(-c4ccc(OCC)c(F)c4F)c(F)c3F)CC2)OC1. The summed E-state index contributed by atoms with van der Waals surface area (Å²) in [6.07, 6.45) is 12.5. The van der Waals surface area contributed by atoms with Crippen molar-refractivity contribution in [2.45, 2.75) is 71.3 Å². The molecule has 0 amide bonds. The van der Waals surface area contributed by atoms with Gasteiger partial charge in [-0.25, -0.2) is 13.2 Å². The first kappa shape index (κ1) is 26.7. The number of hydrogen-bond donors (Lipinski definition) is 0. The van der Waals surface area contributed by atoms with Gasteiger partial charge < -0.3 is 9.47 Å². The van der Waals surface area contributed by atoms with Gasteiger partial charge in [0.25, 0.3) is 0 Å². The summed E-state index contributed by atoms with van der Waals surface area (Å²) < 4.78 is 69.8. The molecule has 1 heterocycles. The second-order valence-corrected chi connectivity index (χ2v) is 10.1. The van der Waals surface area contributed by atoms with E-state index >= 15 is 0 Å². The first-order valence-corrected chi connectivity index (χ1v) is 13.2. The van der Waals surface area contributed by atoms with Crippen molar-refractivity contribution in [3.63, 3.8) is 0 Å². The van der Waals surface area contributed by atoms with Crippen LogP contribution in [0.2, 0.25) is 0 Å². The molecule has 2 aliphatic rings. The molecular formula is C30H36F4O2. The lowest BCUT2D eigenvalue weighted by molar-refractivity contribution is -0.0493. The van der Waals surface area contributed by atoms with Crippen molar-refractivity contribution in [3.05, 3.63) is 65.2 Å². The standard InChI is InChI=1S/C30H36F4O2/c1-3-5-20-9-16-25(36-18-20)21-10-6-19(7-11-21)8-12-22-13-14-23(28(32)27(22)31)24-15-17-26(35-4-2)30(34)29(24)33/h3,5,13-15,17,19-21,25H,4,6-12,16,18H2,1-2H3. The van der Waals surface area contributed by atoms with Crippen LogP contribution in [-0.4, -0.2) is 19.3 Å². The van der Waals surface area contributed by atoms with Gasteiger partial charge in [0, 0.05) is 17.0 Å². The lowest BCUT2D eigenvalue weighted by Crippen LogP contribution is -2.33. The van der Waals surface area contributed by atoms with Crippen LogP contribution in [0.3, 0.4) is 0 Å². The number of hydrogen-bond acceptors (Lipinski definition) is 2. The Morgan fingerprint density at radius 3 is 2.19 bits per heavy atom. The van der Waals surface area contributed by atoms with Gasteiger partial charge in [0.15, 0.2) is 23.2 Å². The molecule has 2 fully saturated rings. The van der Waals surface area contributed by atoms with Crippen molar-refractivity contribution in [3.8, 4) is 16.9 Å². The molecule has 6 heteroatoms. The van der Waals surface area contributed by atoms with Crippen molar-refractivity contribution >= 4 is 0 Å². The molecule has 2 aromatic carbocycles. The van der Waals surface area contributed by atoms with E-state index in [2.05, 4.69) is 12.2 Å². The second-order valence-electron chi connectivity index (χ2n) is 10.1. The lowest BCUT2D eigenvalue weighted by Gasteiger charge is -2.37. The third kappa shape index (κ3) is 5.96. The predicted molar refractivity (Wildman–Crippen MR) is 134 cm³/mol. The summed E-state index contributed by atoms with van der Waals surface area (Å²) in [5.41, 5.74) is -0.338. The zero-order valence-electron chi connectivity index (χ0n) is 21.2. The summed E-state index contributed by atoms with van der Waals surface area (Å²) >= 11 is 0. The van der Waals surface area contributed by atoms with E-state index in [4.69, 9.17) is 9.47 Å². The van der Waals surface area contributed by atoms with Gasteiger partial charge in [-0.15, -0.1) is 0 Å². The zero-order chi connectivity index (χ0) is 25.7. The molecule has 1 aliphatic heterocycles. The van der Waals surface area contributed by atoms with E-state index in [0.717, 1.165) is 45.1 Å². The Labute approximate surface area is 211 Å². The van der Waals surface area contributed by atoms with Crippen LogP contribution in [0.1, 0.15) is 64.4 Å². The Balaban J connectivity index is 1.33. The minimum absolute atomic E-state index is 0.167. The monoisotopic (exact) mass is 504 g/mol. The van der Waals surface area contributed by atoms with Gasteiger partial charge in [0.1, 0.15) is 0 Å². The number of rotatable bonds is 8. The maximum absolute atomic E-state index is 14.9. The average molecular weight is 505 g/mol. The molecule has 0 radical (unpaired) electrons. The van der Waals surface area contributed by atoms with Crippen molar-refractivity contribution < 1.29 is 27.0 Å². The number of aryl methyl sites for hydroxylation is 1. The summed E-state index contributed by atoms with van der Waals surface area (Å²) in [5, 5.41) is 0. The minimum Gasteiger partial charge on any atom is -0.491 e. The van der Waals surface area contributed by atoms with E-state index in [0.29, 0.717) is 30.3 Å². The Kier molecular flexibility index (Phi) is 9.10. The fraction of sp³-hybridized carbons (Fsp3) is 0.533. The number of halogens is 4. The van der Waals surface area contributed by atoms with Crippen LogP contribution in [0.4, 0.5) is 17.6 Å². The van der Waals surface area contributed by atoms with Crippen LogP contribution in [0.15, 0.2) is 36.4 Å². The van der Waals surface area contributed by atoms with Gasteiger partial charge in [0.2, 0.25) is 5.82 Å². The van der Waals surface area contributed by atoms with Crippen LogP contribution < -0.4 is 4.74 Å². The highest BCUT2D eigenvalue weighted by Gasteiger charge is 2.31. The van der Waals surface area contributed by atoms with Gasteiger partial charge in [-0.1, -0.05) is 37.1 Å². The van der Waals surface area contributed by atoms with E-state index in [1.165, 1.54) is 30.7 Å². The van der Waals surface area contributed by atoms with Crippen molar-refractivity contribution in [2.24, 2.45) is 17.8 Å². The molecule has 196 valence electrons. The summed E-state index contributed by atoms with van der Waals surface area (Å²) in [6.45, 7) is 4.67. The van der Waals surface area contributed by atoms with Crippen molar-refractivity contribution in [1.29, 1.82) is 0 Å². The second kappa shape index (κ2) is 12.3. The smallest absolute Gasteiger partial charge is 0.201 e. The van der Waals surface area contributed by atoms with Crippen LogP contribution in [-0.2, 0) is 11.2 Å². The topological polar surface area (TPSA) is 18.5 Å². The largest absolute Gasteiger partial charge is 0.491 e. The Morgan fingerprint density at radius 1 is 0.861 bits per heavy atom. The average Bonchev–Trinajstić information content (AvgIpc) is 2.89. The van der Waals surface area contributed by atoms with Gasteiger partial charge in [-0.05, 0) is 81.9 Å². The molecular weight excluding hydrogens is 468 g/mol. The Bertz CT molecular complexity index is 1050. The van der Waals surface area contributed by atoms with Gasteiger partial charge in [0.05, 0.1) is 19.3 Å². The maximum Gasteiger partial charge on any atom is 0.201 e. The molecule has 0 N–H and O–H groups in total. The molecule has 0 bridgehead atoms. The van der Waals surface area contributed by atoms with Gasteiger partial charge in [-0.2, -0.15) is 4.39 Å². The summed E-state index contributed by atoms with van der Waals surface area (Å²) in [4.78, 5) is 0. The van der Waals surface area contributed by atoms with Crippen LogP contribution in [0.5, 0.6) is 5.75 Å². The number of benzene rings is 2. The number of ether oxygens (including phenoxy) is 2. The molecule has 2 atom stereocenters. The molecule has 0 aromatic heterocycles. The fourth-order valence-corrected chi connectivity index (χ4v) is 5.79. The fourth-order valence-electron chi connectivity index (χ4n) is 5.79. The molecule has 1 aliphatic carbocycles. The highest BCUT2D eigenvalue weighted by atomic mass is 19.2. The molecule has 1 saturated carbocycles. The van der Waals surface area contributed by atoms with Crippen LogP contribution >= 0.6 is 0 Å². The summed E-state index contributed by atoms with van der Waals surface area (Å²) in [5.74, 6) is -3.24. The maximum atomic E-state index is 14.9. The van der Waals surface area contributed by atoms with Crippen molar-refractivity contribution in [1.82, 2.24) is 0 Å². The molecule has 2 unspecified atom stereocenters. The third-order valence-electron chi connectivity index (χ3n) is 7.85. The van der Waals surface area contributed by atoms with E-state index in [1.807, 2.05) is 6.92 Å². The molecule has 36 heavy (non-hydrogen) atoms. The Hall–Kier alpha value is -2.34. The highest BCUT2D eigenvalue weighted by molar-refractivity contribution is 5.66. The van der Waals surface area contributed by atoms with Gasteiger partial charge in [-0.3, -0.25) is 0 Å². The number of allylic oxidation sites excluding steroid dienone is 1. The quantitative estimate of drug-likeness (QED) is 0.265. The zero-order valence-corrected chi connectivity index (χ0v) is 21.2. The third-order valence-corrected chi connectivity index (χ3v) is 7.85. The van der Waals surface area contributed by atoms with E-state index in [1.54, 1.807) is 6.92 Å². The molecule has 0 spiro atoms. The van der Waals surface area contributed by atoms with E-state index in [-0.39, 0.29) is 29.0 Å². The predicted octanol–water partition coefficient (Wildman–Crippen LogP) is 8.42. The summed E-state index contributed by atoms with van der Waals surface area (Å²) in [7, 11) is 0. The first-order chi connectivity index (χ1) is 17.4. The summed E-state index contributed by atoms with van der Waals surface area (Å²) in [6, 6.07) is 5.28.